The van der Waals surface area contributed by atoms with Gasteiger partial charge in [0.15, 0.2) is 6.10 Å². The van der Waals surface area contributed by atoms with Crippen molar-refractivity contribution in [3.05, 3.63) is 103 Å². The Morgan fingerprint density at radius 3 is 2.47 bits per heavy atom. The lowest BCUT2D eigenvalue weighted by molar-refractivity contribution is -0.127. The van der Waals surface area contributed by atoms with E-state index >= 15 is 0 Å². The Hall–Kier alpha value is -4.04. The summed E-state index contributed by atoms with van der Waals surface area (Å²) in [7, 11) is -3.75. The van der Waals surface area contributed by atoms with Crippen molar-refractivity contribution in [3.63, 3.8) is 0 Å². The Morgan fingerprint density at radius 1 is 0.917 bits per heavy atom. The molecule has 36 heavy (non-hydrogen) atoms. The third kappa shape index (κ3) is 5.28. The van der Waals surface area contributed by atoms with Crippen molar-refractivity contribution in [1.82, 2.24) is 5.32 Å². The number of anilines is 1. The highest BCUT2D eigenvalue weighted by molar-refractivity contribution is 7.92. The quantitative estimate of drug-likeness (QED) is 0.366. The number of carbonyl (C=O) groups excluding carboxylic acids is 1. The summed E-state index contributed by atoms with van der Waals surface area (Å²) in [6.07, 6.45) is -0.980. The van der Waals surface area contributed by atoms with E-state index in [1.807, 2.05) is 48.5 Å². The number of rotatable bonds is 8. The van der Waals surface area contributed by atoms with Gasteiger partial charge in [-0.15, -0.1) is 0 Å². The third-order valence-electron chi connectivity index (χ3n) is 5.95. The molecule has 1 amide bonds. The van der Waals surface area contributed by atoms with Crippen LogP contribution in [0.15, 0.2) is 97.1 Å². The summed E-state index contributed by atoms with van der Waals surface area (Å²) in [5.74, 6) is 0.499. The van der Waals surface area contributed by atoms with Gasteiger partial charge < -0.3 is 14.8 Å². The molecule has 4 aromatic carbocycles. The topological polar surface area (TPSA) is 84.9 Å². The summed E-state index contributed by atoms with van der Waals surface area (Å²) >= 11 is 0. The first-order valence-electron chi connectivity index (χ1n) is 11.7. The second-order valence-corrected chi connectivity index (χ2v) is 10.4. The first kappa shape index (κ1) is 23.7. The SMILES string of the molecule is O=C(NCCOc1ccc2ccccc2c1)[C@H]1CN(S(=O)(=O)Cc2ccccc2)c2ccccc2O1. The van der Waals surface area contributed by atoms with Gasteiger partial charge in [-0.05, 0) is 40.6 Å². The largest absolute Gasteiger partial charge is 0.492 e. The zero-order valence-electron chi connectivity index (χ0n) is 19.5. The minimum absolute atomic E-state index is 0.108. The summed E-state index contributed by atoms with van der Waals surface area (Å²) in [6, 6.07) is 29.7. The number of para-hydroxylation sites is 2. The fraction of sp³-hybridized carbons (Fsp3) is 0.179. The van der Waals surface area contributed by atoms with Gasteiger partial charge in [-0.3, -0.25) is 9.10 Å². The van der Waals surface area contributed by atoms with Gasteiger partial charge in [0, 0.05) is 0 Å². The predicted octanol–water partition coefficient (Wildman–Crippen LogP) is 4.13. The predicted molar refractivity (Wildman–Crippen MR) is 140 cm³/mol. The van der Waals surface area contributed by atoms with Crippen molar-refractivity contribution < 1.29 is 22.7 Å². The molecule has 8 heteroatoms. The number of sulfonamides is 1. The Balaban J connectivity index is 1.23. The fourth-order valence-electron chi connectivity index (χ4n) is 4.18. The van der Waals surface area contributed by atoms with Gasteiger partial charge in [0.2, 0.25) is 10.0 Å². The zero-order chi connectivity index (χ0) is 25.0. The van der Waals surface area contributed by atoms with Gasteiger partial charge in [0.1, 0.15) is 18.1 Å². The van der Waals surface area contributed by atoms with Gasteiger partial charge in [0.05, 0.1) is 24.5 Å². The number of nitrogens with zero attached hydrogens (tertiary/aromatic N) is 1. The summed E-state index contributed by atoms with van der Waals surface area (Å²) in [5, 5.41) is 5.00. The molecule has 1 heterocycles. The van der Waals surface area contributed by atoms with E-state index in [2.05, 4.69) is 5.32 Å². The molecule has 7 nitrogen and oxygen atoms in total. The van der Waals surface area contributed by atoms with Gasteiger partial charge in [-0.25, -0.2) is 8.42 Å². The molecule has 1 aliphatic rings. The standard InChI is InChI=1S/C28H26N2O5S/c31-28(29-16-17-34-24-15-14-22-10-4-5-11-23(22)18-24)27-19-30(25-12-6-7-13-26(25)35-27)36(32,33)20-21-8-2-1-3-9-21/h1-15,18,27H,16-17,19-20H2,(H,29,31)/t27-/m1/s1. The van der Waals surface area contributed by atoms with Crippen LogP contribution in [0.1, 0.15) is 5.56 Å². The summed E-state index contributed by atoms with van der Waals surface area (Å²) in [4.78, 5) is 12.9. The van der Waals surface area contributed by atoms with Crippen molar-refractivity contribution in [1.29, 1.82) is 0 Å². The van der Waals surface area contributed by atoms with Crippen molar-refractivity contribution >= 4 is 32.4 Å². The maximum Gasteiger partial charge on any atom is 0.263 e. The first-order chi connectivity index (χ1) is 17.5. The van der Waals surface area contributed by atoms with Gasteiger partial charge in [-0.2, -0.15) is 0 Å². The molecule has 184 valence electrons. The second-order valence-electron chi connectivity index (χ2n) is 8.50. The molecule has 0 radical (unpaired) electrons. The number of hydrogen-bond donors (Lipinski definition) is 1. The Labute approximate surface area is 210 Å². The molecule has 1 N–H and O–H groups in total. The lowest BCUT2D eigenvalue weighted by Crippen LogP contribution is -2.51. The van der Waals surface area contributed by atoms with Crippen LogP contribution in [0, 0.1) is 0 Å². The van der Waals surface area contributed by atoms with Crippen molar-refractivity contribution in [2.24, 2.45) is 0 Å². The van der Waals surface area contributed by atoms with Crippen molar-refractivity contribution in [3.8, 4) is 11.5 Å². The lowest BCUT2D eigenvalue weighted by Gasteiger charge is -2.34. The molecule has 0 aliphatic carbocycles. The van der Waals surface area contributed by atoms with Crippen LogP contribution in [-0.2, 0) is 20.6 Å². The van der Waals surface area contributed by atoms with E-state index in [9.17, 15) is 13.2 Å². The van der Waals surface area contributed by atoms with E-state index in [0.717, 1.165) is 10.8 Å². The molecular weight excluding hydrogens is 476 g/mol. The monoisotopic (exact) mass is 502 g/mol. The van der Waals surface area contributed by atoms with E-state index in [1.165, 1.54) is 4.31 Å². The first-order valence-corrected chi connectivity index (χ1v) is 13.3. The number of fused-ring (bicyclic) bond motifs is 2. The van der Waals surface area contributed by atoms with Crippen LogP contribution in [0.5, 0.6) is 11.5 Å². The molecule has 4 aromatic rings. The smallest absolute Gasteiger partial charge is 0.263 e. The van der Waals surface area contributed by atoms with Crippen LogP contribution in [-0.4, -0.2) is 40.1 Å². The Morgan fingerprint density at radius 2 is 1.64 bits per heavy atom. The van der Waals surface area contributed by atoms with Crippen LogP contribution in [0.3, 0.4) is 0 Å². The number of amides is 1. The van der Waals surface area contributed by atoms with Gasteiger partial charge in [-0.1, -0.05) is 72.8 Å². The van der Waals surface area contributed by atoms with E-state index in [1.54, 1.807) is 48.5 Å². The van der Waals surface area contributed by atoms with Crippen LogP contribution in [0.4, 0.5) is 5.69 Å². The number of benzene rings is 4. The number of nitrogens with one attached hydrogen (secondary N) is 1. The summed E-state index contributed by atoms with van der Waals surface area (Å²) in [6.45, 7) is 0.414. The van der Waals surface area contributed by atoms with Gasteiger partial charge in [0.25, 0.3) is 5.91 Å². The van der Waals surface area contributed by atoms with Crippen molar-refractivity contribution in [2.75, 3.05) is 24.0 Å². The highest BCUT2D eigenvalue weighted by Crippen LogP contribution is 2.35. The van der Waals surface area contributed by atoms with Crippen LogP contribution in [0.2, 0.25) is 0 Å². The maximum absolute atomic E-state index is 13.3. The van der Waals surface area contributed by atoms with E-state index in [4.69, 9.17) is 9.47 Å². The highest BCUT2D eigenvalue weighted by Gasteiger charge is 2.36. The molecule has 1 aliphatic heterocycles. The lowest BCUT2D eigenvalue weighted by atomic mass is 10.1. The number of ether oxygens (including phenoxy) is 2. The minimum Gasteiger partial charge on any atom is -0.492 e. The Bertz CT molecular complexity index is 1470. The zero-order valence-corrected chi connectivity index (χ0v) is 20.4. The van der Waals surface area contributed by atoms with E-state index in [-0.39, 0.29) is 25.4 Å². The van der Waals surface area contributed by atoms with E-state index in [0.29, 0.717) is 22.7 Å². The molecule has 0 saturated carbocycles. The fourth-order valence-corrected chi connectivity index (χ4v) is 5.76. The van der Waals surface area contributed by atoms with E-state index < -0.39 is 22.0 Å². The number of carbonyl (C=O) groups is 1. The van der Waals surface area contributed by atoms with Crippen LogP contribution in [0.25, 0.3) is 10.8 Å². The highest BCUT2D eigenvalue weighted by atomic mass is 32.2. The molecule has 0 saturated heterocycles. The molecule has 0 unspecified atom stereocenters. The number of hydrogen-bond acceptors (Lipinski definition) is 5. The molecule has 0 bridgehead atoms. The maximum atomic E-state index is 13.3. The molecule has 1 atom stereocenters. The second kappa shape index (κ2) is 10.3. The Kier molecular flexibility index (Phi) is 6.77. The molecular formula is C28H26N2O5S. The minimum atomic E-state index is -3.75. The summed E-state index contributed by atoms with van der Waals surface area (Å²) in [5.41, 5.74) is 1.10. The normalized spacial score (nSPS) is 15.1. The van der Waals surface area contributed by atoms with Gasteiger partial charge >= 0.3 is 0 Å². The molecule has 5 rings (SSSR count). The van der Waals surface area contributed by atoms with Crippen LogP contribution >= 0.6 is 0 Å². The van der Waals surface area contributed by atoms with Crippen molar-refractivity contribution in [2.45, 2.75) is 11.9 Å². The summed E-state index contributed by atoms with van der Waals surface area (Å²) < 4.78 is 39.6. The molecule has 0 aromatic heterocycles. The third-order valence-corrected chi connectivity index (χ3v) is 7.66. The molecule has 0 fully saturated rings. The average molecular weight is 503 g/mol. The van der Waals surface area contributed by atoms with Crippen LogP contribution < -0.4 is 19.1 Å². The average Bonchev–Trinajstić information content (AvgIpc) is 2.90. The molecule has 0 spiro atoms.